The van der Waals surface area contributed by atoms with Crippen LogP contribution in [0.4, 0.5) is 5.82 Å². The monoisotopic (exact) mass is 192 g/mol. The predicted octanol–water partition coefficient (Wildman–Crippen LogP) is 1.47. The number of nitrogens with zero attached hydrogens (tertiary/aromatic N) is 1. The van der Waals surface area contributed by atoms with Crippen molar-refractivity contribution in [3.63, 3.8) is 0 Å². The van der Waals surface area contributed by atoms with Crippen molar-refractivity contribution < 1.29 is 9.53 Å². The largest absolute Gasteiger partial charge is 0.465 e. The molecule has 4 nitrogen and oxygen atoms in total. The van der Waals surface area contributed by atoms with Crippen LogP contribution in [-0.4, -0.2) is 24.6 Å². The molecule has 1 aromatic rings. The number of nitrogens with one attached hydrogen (secondary N) is 1. The minimum absolute atomic E-state index is 0.398. The fraction of sp³-hybridized carbons (Fsp3) is 0.200. The first-order valence-corrected chi connectivity index (χ1v) is 4.17. The number of anilines is 1. The van der Waals surface area contributed by atoms with Crippen molar-refractivity contribution in [1.82, 2.24) is 4.98 Å². The summed E-state index contributed by atoms with van der Waals surface area (Å²) in [6, 6.07) is 3.34. The van der Waals surface area contributed by atoms with Crippen molar-refractivity contribution in [3.8, 4) is 0 Å². The van der Waals surface area contributed by atoms with Crippen LogP contribution in [0.3, 0.4) is 0 Å². The van der Waals surface area contributed by atoms with E-state index in [1.165, 1.54) is 7.11 Å². The second kappa shape index (κ2) is 5.01. The zero-order valence-electron chi connectivity index (χ0n) is 7.99. The number of ether oxygens (including phenoxy) is 1. The van der Waals surface area contributed by atoms with E-state index in [0.717, 1.165) is 0 Å². The normalized spacial score (nSPS) is 9.21. The van der Waals surface area contributed by atoms with Gasteiger partial charge in [-0.3, -0.25) is 0 Å². The van der Waals surface area contributed by atoms with Crippen molar-refractivity contribution in [2.45, 2.75) is 0 Å². The van der Waals surface area contributed by atoms with E-state index in [-0.39, 0.29) is 0 Å². The first-order chi connectivity index (χ1) is 6.79. The third-order valence-corrected chi connectivity index (χ3v) is 1.63. The third-order valence-electron chi connectivity index (χ3n) is 1.63. The van der Waals surface area contributed by atoms with Gasteiger partial charge in [-0.2, -0.15) is 0 Å². The van der Waals surface area contributed by atoms with Gasteiger partial charge in [0.15, 0.2) is 0 Å². The molecule has 0 aliphatic heterocycles. The Hall–Kier alpha value is -1.84. The molecule has 1 rings (SSSR count). The lowest BCUT2D eigenvalue weighted by atomic mass is 10.2. The second-order valence-electron chi connectivity index (χ2n) is 2.56. The van der Waals surface area contributed by atoms with Gasteiger partial charge in [0, 0.05) is 12.7 Å². The van der Waals surface area contributed by atoms with Gasteiger partial charge in [-0.25, -0.2) is 9.78 Å². The number of esters is 1. The van der Waals surface area contributed by atoms with Crippen molar-refractivity contribution in [3.05, 3.63) is 36.5 Å². The molecule has 1 heterocycles. The van der Waals surface area contributed by atoms with E-state index in [2.05, 4.69) is 21.6 Å². The molecule has 0 bridgehead atoms. The van der Waals surface area contributed by atoms with E-state index < -0.39 is 5.97 Å². The molecule has 0 fully saturated rings. The number of pyridine rings is 1. The molecule has 1 N–H and O–H groups in total. The number of rotatable bonds is 4. The van der Waals surface area contributed by atoms with Gasteiger partial charge >= 0.3 is 5.97 Å². The van der Waals surface area contributed by atoms with Crippen molar-refractivity contribution in [2.75, 3.05) is 19.0 Å². The number of methoxy groups -OCH3 is 1. The number of hydrogen-bond acceptors (Lipinski definition) is 4. The van der Waals surface area contributed by atoms with E-state index in [1.54, 1.807) is 24.4 Å². The van der Waals surface area contributed by atoms with E-state index in [1.807, 2.05) is 0 Å². The minimum atomic E-state index is -0.398. The van der Waals surface area contributed by atoms with E-state index in [9.17, 15) is 4.79 Å². The molecule has 0 saturated heterocycles. The summed E-state index contributed by atoms with van der Waals surface area (Å²) < 4.78 is 4.61. The highest BCUT2D eigenvalue weighted by atomic mass is 16.5. The number of carbonyl (C=O) groups is 1. The predicted molar refractivity (Wildman–Crippen MR) is 54.3 cm³/mol. The van der Waals surface area contributed by atoms with Gasteiger partial charge < -0.3 is 10.1 Å². The average Bonchev–Trinajstić information content (AvgIpc) is 2.25. The molecule has 14 heavy (non-hydrogen) atoms. The zero-order chi connectivity index (χ0) is 10.4. The highest BCUT2D eigenvalue weighted by Gasteiger charge is 2.10. The summed E-state index contributed by atoms with van der Waals surface area (Å²) in [4.78, 5) is 15.3. The summed E-state index contributed by atoms with van der Waals surface area (Å²) in [6.07, 6.45) is 3.30. The van der Waals surface area contributed by atoms with Gasteiger partial charge in [-0.05, 0) is 12.1 Å². The van der Waals surface area contributed by atoms with Gasteiger partial charge in [0.25, 0.3) is 0 Å². The maximum Gasteiger partial charge on any atom is 0.341 e. The first-order valence-electron chi connectivity index (χ1n) is 4.17. The van der Waals surface area contributed by atoms with Crippen LogP contribution in [0.5, 0.6) is 0 Å². The summed E-state index contributed by atoms with van der Waals surface area (Å²) in [5.74, 6) is 0.115. The van der Waals surface area contributed by atoms with Gasteiger partial charge in [0.2, 0.25) is 0 Å². The summed E-state index contributed by atoms with van der Waals surface area (Å²) in [5, 5.41) is 2.95. The lowest BCUT2D eigenvalue weighted by Crippen LogP contribution is -2.09. The molecule has 0 aliphatic carbocycles. The molecule has 74 valence electrons. The van der Waals surface area contributed by atoms with Crippen molar-refractivity contribution >= 4 is 11.8 Å². The Labute approximate surface area is 82.6 Å². The summed E-state index contributed by atoms with van der Waals surface area (Å²) in [5.41, 5.74) is 0.428. The standard InChI is InChI=1S/C10H12N2O2/c1-3-6-11-9-8(10(13)14-2)5-4-7-12-9/h3-5,7H,1,6H2,2H3,(H,11,12). The Morgan fingerprint density at radius 3 is 3.21 bits per heavy atom. The molecule has 0 unspecified atom stereocenters. The summed E-state index contributed by atoms with van der Waals surface area (Å²) in [7, 11) is 1.34. The number of carbonyl (C=O) groups excluding carboxylic acids is 1. The van der Waals surface area contributed by atoms with Gasteiger partial charge in [-0.1, -0.05) is 6.08 Å². The fourth-order valence-electron chi connectivity index (χ4n) is 0.990. The first kappa shape index (κ1) is 10.2. The molecule has 0 radical (unpaired) electrons. The van der Waals surface area contributed by atoms with Crippen LogP contribution in [-0.2, 0) is 4.74 Å². The van der Waals surface area contributed by atoms with Gasteiger partial charge in [-0.15, -0.1) is 6.58 Å². The molecule has 0 atom stereocenters. The van der Waals surface area contributed by atoms with Crippen LogP contribution in [0.25, 0.3) is 0 Å². The highest BCUT2D eigenvalue weighted by molar-refractivity contribution is 5.94. The lowest BCUT2D eigenvalue weighted by Gasteiger charge is -2.06. The van der Waals surface area contributed by atoms with Crippen LogP contribution in [0.1, 0.15) is 10.4 Å². The highest BCUT2D eigenvalue weighted by Crippen LogP contribution is 2.11. The second-order valence-corrected chi connectivity index (χ2v) is 2.56. The quantitative estimate of drug-likeness (QED) is 0.579. The van der Waals surface area contributed by atoms with Crippen molar-refractivity contribution in [1.29, 1.82) is 0 Å². The Kier molecular flexibility index (Phi) is 3.67. The van der Waals surface area contributed by atoms with E-state index in [0.29, 0.717) is 17.9 Å². The lowest BCUT2D eigenvalue weighted by molar-refractivity contribution is 0.0601. The molecule has 4 heteroatoms. The number of hydrogen-bond donors (Lipinski definition) is 1. The number of aromatic nitrogens is 1. The van der Waals surface area contributed by atoms with Crippen LogP contribution in [0, 0.1) is 0 Å². The minimum Gasteiger partial charge on any atom is -0.465 e. The maximum atomic E-state index is 11.3. The smallest absolute Gasteiger partial charge is 0.341 e. The van der Waals surface area contributed by atoms with Gasteiger partial charge in [0.1, 0.15) is 11.4 Å². The fourth-order valence-corrected chi connectivity index (χ4v) is 0.990. The Morgan fingerprint density at radius 2 is 2.57 bits per heavy atom. The molecule has 0 spiro atoms. The molecule has 0 aliphatic rings. The molecule has 0 saturated carbocycles. The maximum absolute atomic E-state index is 11.3. The molecule has 1 aromatic heterocycles. The summed E-state index contributed by atoms with van der Waals surface area (Å²) in [6.45, 7) is 4.12. The molecular weight excluding hydrogens is 180 g/mol. The Morgan fingerprint density at radius 1 is 1.79 bits per heavy atom. The zero-order valence-corrected chi connectivity index (χ0v) is 7.99. The van der Waals surface area contributed by atoms with E-state index >= 15 is 0 Å². The molecule has 0 amide bonds. The topological polar surface area (TPSA) is 51.2 Å². The Balaban J connectivity index is 2.90. The van der Waals surface area contributed by atoms with Crippen LogP contribution in [0.2, 0.25) is 0 Å². The molecular formula is C10H12N2O2. The van der Waals surface area contributed by atoms with E-state index in [4.69, 9.17) is 0 Å². The van der Waals surface area contributed by atoms with Crippen LogP contribution >= 0.6 is 0 Å². The average molecular weight is 192 g/mol. The Bertz CT molecular complexity index is 337. The van der Waals surface area contributed by atoms with Gasteiger partial charge in [0.05, 0.1) is 7.11 Å². The third kappa shape index (κ3) is 2.32. The van der Waals surface area contributed by atoms with Crippen LogP contribution < -0.4 is 5.32 Å². The molecule has 0 aromatic carbocycles. The van der Waals surface area contributed by atoms with Crippen LogP contribution in [0.15, 0.2) is 31.0 Å². The SMILES string of the molecule is C=CCNc1ncccc1C(=O)OC. The van der Waals surface area contributed by atoms with Crippen molar-refractivity contribution in [2.24, 2.45) is 0 Å². The summed E-state index contributed by atoms with van der Waals surface area (Å²) >= 11 is 0.